The Kier molecular flexibility index (Phi) is 4.76. The fourth-order valence-corrected chi connectivity index (χ4v) is 2.18. The number of methoxy groups -OCH3 is 1. The lowest BCUT2D eigenvalue weighted by Gasteiger charge is -2.24. The molecule has 104 valence electrons. The number of nitrogens with zero attached hydrogens (tertiary/aromatic N) is 1. The van der Waals surface area contributed by atoms with E-state index in [1.54, 1.807) is 7.11 Å². The summed E-state index contributed by atoms with van der Waals surface area (Å²) in [5.74, 6) is 0.925. The van der Waals surface area contributed by atoms with Crippen LogP contribution in [-0.2, 0) is 9.53 Å². The summed E-state index contributed by atoms with van der Waals surface area (Å²) in [5.41, 5.74) is 1.06. The minimum absolute atomic E-state index is 0.0705. The normalized spacial score (nSPS) is 18.9. The largest absolute Gasteiger partial charge is 0.497 e. The van der Waals surface area contributed by atoms with Gasteiger partial charge in [-0.2, -0.15) is 0 Å². The third-order valence-corrected chi connectivity index (χ3v) is 3.19. The van der Waals surface area contributed by atoms with Gasteiger partial charge in [0.2, 0.25) is 5.91 Å². The van der Waals surface area contributed by atoms with E-state index in [9.17, 15) is 4.79 Å². The quantitative estimate of drug-likeness (QED) is 0.783. The van der Waals surface area contributed by atoms with Crippen molar-refractivity contribution in [3.8, 4) is 5.75 Å². The highest BCUT2D eigenvalue weighted by Crippen LogP contribution is 2.24. The number of carbonyl (C=O) groups excluding carboxylic acids is 1. The van der Waals surface area contributed by atoms with Crippen LogP contribution < -0.4 is 10.1 Å². The average Bonchev–Trinajstić information content (AvgIpc) is 2.81. The second-order valence-electron chi connectivity index (χ2n) is 4.34. The monoisotopic (exact) mass is 264 g/mol. The van der Waals surface area contributed by atoms with Crippen molar-refractivity contribution in [3.63, 3.8) is 0 Å². The highest BCUT2D eigenvalue weighted by atomic mass is 16.5. The first-order valence-electron chi connectivity index (χ1n) is 6.50. The Labute approximate surface area is 113 Å². The maximum absolute atomic E-state index is 11.9. The van der Waals surface area contributed by atoms with Crippen LogP contribution in [0.4, 0.5) is 0 Å². The van der Waals surface area contributed by atoms with E-state index in [1.807, 2.05) is 36.1 Å². The molecular weight excluding hydrogens is 244 g/mol. The highest BCUT2D eigenvalue weighted by Gasteiger charge is 2.30. The smallest absolute Gasteiger partial charge is 0.238 e. The zero-order valence-corrected chi connectivity index (χ0v) is 11.4. The lowest BCUT2D eigenvalue weighted by molar-refractivity contribution is -0.128. The Morgan fingerprint density at radius 2 is 2.11 bits per heavy atom. The molecule has 2 rings (SSSR count). The van der Waals surface area contributed by atoms with E-state index in [2.05, 4.69) is 5.32 Å². The van der Waals surface area contributed by atoms with E-state index >= 15 is 0 Å². The summed E-state index contributed by atoms with van der Waals surface area (Å²) in [4.78, 5) is 13.7. The zero-order valence-electron chi connectivity index (χ0n) is 11.4. The molecule has 1 saturated heterocycles. The molecule has 1 heterocycles. The van der Waals surface area contributed by atoms with Crippen LogP contribution in [0.15, 0.2) is 24.3 Å². The van der Waals surface area contributed by atoms with Crippen molar-refractivity contribution >= 4 is 5.91 Å². The number of carbonyl (C=O) groups is 1. The van der Waals surface area contributed by atoms with E-state index < -0.39 is 0 Å². The van der Waals surface area contributed by atoms with Gasteiger partial charge in [-0.25, -0.2) is 0 Å². The van der Waals surface area contributed by atoms with Crippen molar-refractivity contribution in [1.29, 1.82) is 0 Å². The second kappa shape index (κ2) is 6.54. The van der Waals surface area contributed by atoms with Crippen molar-refractivity contribution < 1.29 is 14.3 Å². The van der Waals surface area contributed by atoms with Gasteiger partial charge < -0.3 is 14.4 Å². The van der Waals surface area contributed by atoms with Gasteiger partial charge in [-0.1, -0.05) is 12.1 Å². The van der Waals surface area contributed by atoms with Gasteiger partial charge in [0, 0.05) is 13.2 Å². The predicted octanol–water partition coefficient (Wildman–Crippen LogP) is 1.16. The van der Waals surface area contributed by atoms with Crippen LogP contribution in [0.1, 0.15) is 18.7 Å². The Morgan fingerprint density at radius 3 is 2.74 bits per heavy atom. The molecule has 0 aromatic heterocycles. The summed E-state index contributed by atoms with van der Waals surface area (Å²) in [6, 6.07) is 7.76. The van der Waals surface area contributed by atoms with Crippen LogP contribution in [0.3, 0.4) is 0 Å². The van der Waals surface area contributed by atoms with Crippen molar-refractivity contribution in [2.45, 2.75) is 13.1 Å². The molecule has 0 saturated carbocycles. The maximum Gasteiger partial charge on any atom is 0.238 e. The van der Waals surface area contributed by atoms with E-state index in [0.29, 0.717) is 26.3 Å². The fraction of sp³-hybridized carbons (Fsp3) is 0.500. The lowest BCUT2D eigenvalue weighted by atomic mass is 10.1. The third-order valence-electron chi connectivity index (χ3n) is 3.19. The van der Waals surface area contributed by atoms with Gasteiger partial charge >= 0.3 is 0 Å². The second-order valence-corrected chi connectivity index (χ2v) is 4.34. The minimum Gasteiger partial charge on any atom is -0.497 e. The molecule has 1 aliphatic rings. The van der Waals surface area contributed by atoms with Gasteiger partial charge in [0.05, 0.1) is 20.3 Å². The first kappa shape index (κ1) is 13.8. The lowest BCUT2D eigenvalue weighted by Crippen LogP contribution is -2.33. The highest BCUT2D eigenvalue weighted by molar-refractivity contribution is 5.80. The van der Waals surface area contributed by atoms with E-state index in [-0.39, 0.29) is 12.1 Å². The average molecular weight is 264 g/mol. The van der Waals surface area contributed by atoms with Crippen LogP contribution in [0, 0.1) is 0 Å². The molecule has 0 spiro atoms. The van der Waals surface area contributed by atoms with E-state index in [0.717, 1.165) is 11.3 Å². The number of amides is 1. The molecule has 0 bridgehead atoms. The van der Waals surface area contributed by atoms with Crippen LogP contribution in [0.25, 0.3) is 0 Å². The van der Waals surface area contributed by atoms with Crippen molar-refractivity contribution in [3.05, 3.63) is 29.8 Å². The van der Waals surface area contributed by atoms with Crippen molar-refractivity contribution in [2.75, 3.05) is 33.4 Å². The molecule has 1 N–H and O–H groups in total. The van der Waals surface area contributed by atoms with Crippen LogP contribution in [0.2, 0.25) is 0 Å². The maximum atomic E-state index is 11.9. The van der Waals surface area contributed by atoms with Gasteiger partial charge in [-0.3, -0.25) is 10.1 Å². The molecule has 1 amide bonds. The molecule has 5 nitrogen and oxygen atoms in total. The Morgan fingerprint density at radius 1 is 1.37 bits per heavy atom. The Bertz CT molecular complexity index is 419. The Hall–Kier alpha value is -1.59. The van der Waals surface area contributed by atoms with Crippen LogP contribution >= 0.6 is 0 Å². The van der Waals surface area contributed by atoms with Crippen molar-refractivity contribution in [2.24, 2.45) is 0 Å². The SMILES string of the molecule is CCOCCN1C(=O)CNC1c1ccc(OC)cc1. The first-order valence-corrected chi connectivity index (χ1v) is 6.50. The van der Waals surface area contributed by atoms with E-state index in [1.165, 1.54) is 0 Å². The fourth-order valence-electron chi connectivity index (χ4n) is 2.18. The molecule has 0 radical (unpaired) electrons. The zero-order chi connectivity index (χ0) is 13.7. The minimum atomic E-state index is -0.0705. The van der Waals surface area contributed by atoms with Crippen LogP contribution in [-0.4, -0.2) is 44.2 Å². The van der Waals surface area contributed by atoms with E-state index in [4.69, 9.17) is 9.47 Å². The topological polar surface area (TPSA) is 50.8 Å². The van der Waals surface area contributed by atoms with Gasteiger partial charge in [-0.15, -0.1) is 0 Å². The standard InChI is InChI=1S/C14H20N2O3/c1-3-19-9-8-16-13(17)10-15-14(16)11-4-6-12(18-2)7-5-11/h4-7,14-15H,3,8-10H2,1-2H3. The number of hydrogen-bond acceptors (Lipinski definition) is 4. The molecule has 1 aliphatic heterocycles. The molecule has 1 aromatic rings. The Balaban J connectivity index is 2.05. The number of ether oxygens (including phenoxy) is 2. The van der Waals surface area contributed by atoms with Gasteiger partial charge in [0.15, 0.2) is 0 Å². The molecule has 5 heteroatoms. The molecule has 1 atom stereocenters. The third kappa shape index (κ3) is 3.24. The molecule has 1 fully saturated rings. The van der Waals surface area contributed by atoms with Gasteiger partial charge in [0.25, 0.3) is 0 Å². The summed E-state index contributed by atoms with van der Waals surface area (Å²) in [6.45, 7) is 4.17. The first-order chi connectivity index (χ1) is 9.26. The molecule has 1 aromatic carbocycles. The van der Waals surface area contributed by atoms with Gasteiger partial charge in [-0.05, 0) is 24.6 Å². The number of hydrogen-bond donors (Lipinski definition) is 1. The number of nitrogens with one attached hydrogen (secondary N) is 1. The molecule has 1 unspecified atom stereocenters. The van der Waals surface area contributed by atoms with Crippen LogP contribution in [0.5, 0.6) is 5.75 Å². The number of rotatable bonds is 6. The summed E-state index contributed by atoms with van der Waals surface area (Å²) < 4.78 is 10.5. The summed E-state index contributed by atoms with van der Waals surface area (Å²) in [6.07, 6.45) is -0.0705. The molecular formula is C14H20N2O3. The molecule has 19 heavy (non-hydrogen) atoms. The number of benzene rings is 1. The van der Waals surface area contributed by atoms with Crippen molar-refractivity contribution in [1.82, 2.24) is 10.2 Å². The summed E-state index contributed by atoms with van der Waals surface area (Å²) in [7, 11) is 1.64. The predicted molar refractivity (Wildman–Crippen MR) is 71.9 cm³/mol. The molecule has 0 aliphatic carbocycles. The summed E-state index contributed by atoms with van der Waals surface area (Å²) in [5, 5.41) is 3.22. The summed E-state index contributed by atoms with van der Waals surface area (Å²) >= 11 is 0. The van der Waals surface area contributed by atoms with Gasteiger partial charge in [0.1, 0.15) is 11.9 Å².